The molecule has 6 heteroatoms. The predicted molar refractivity (Wildman–Crippen MR) is 63.4 cm³/mol. The number of ether oxygens (including phenoxy) is 1. The minimum atomic E-state index is 0.137. The smallest absolute Gasteiger partial charge is 0.239 e. The number of hydrogen-bond acceptors (Lipinski definition) is 6. The molecule has 17 heavy (non-hydrogen) atoms. The van der Waals surface area contributed by atoms with Gasteiger partial charge in [0.15, 0.2) is 5.82 Å². The molecule has 0 aliphatic carbocycles. The predicted octanol–water partition coefficient (Wildman–Crippen LogP) is 2.80. The Labute approximate surface area is 104 Å². The number of methoxy groups -OCH3 is 1. The van der Waals surface area contributed by atoms with Gasteiger partial charge in [0, 0.05) is 7.11 Å². The lowest BCUT2D eigenvalue weighted by atomic mass is 10.5. The summed E-state index contributed by atoms with van der Waals surface area (Å²) in [6.07, 6.45) is 1.67. The van der Waals surface area contributed by atoms with Gasteiger partial charge >= 0.3 is 0 Å². The zero-order chi connectivity index (χ0) is 12.1. The molecular weight excluding hydrogens is 240 g/mol. The first-order valence-electron chi connectivity index (χ1n) is 5.25. The Morgan fingerprint density at radius 1 is 1.53 bits per heavy atom. The average Bonchev–Trinajstić information content (AvgIpc) is 2.97. The zero-order valence-corrected chi connectivity index (χ0v) is 10.6. The third kappa shape index (κ3) is 3.34. The first-order chi connectivity index (χ1) is 8.29. The second-order valence-corrected chi connectivity index (χ2v) is 4.84. The number of rotatable bonds is 6. The van der Waals surface area contributed by atoms with E-state index in [1.54, 1.807) is 25.1 Å². The van der Waals surface area contributed by atoms with Gasteiger partial charge in [-0.1, -0.05) is 5.16 Å². The van der Waals surface area contributed by atoms with E-state index >= 15 is 0 Å². The van der Waals surface area contributed by atoms with E-state index in [0.717, 1.165) is 11.5 Å². The van der Waals surface area contributed by atoms with Crippen LogP contribution in [0.4, 0.5) is 0 Å². The minimum Gasteiger partial charge on any atom is -0.468 e. The number of thioether (sulfide) groups is 1. The molecule has 0 amide bonds. The molecule has 0 spiro atoms. The van der Waals surface area contributed by atoms with Crippen LogP contribution in [0.5, 0.6) is 0 Å². The Morgan fingerprint density at radius 2 is 2.41 bits per heavy atom. The van der Waals surface area contributed by atoms with Crippen molar-refractivity contribution >= 4 is 11.8 Å². The van der Waals surface area contributed by atoms with Crippen LogP contribution in [0.2, 0.25) is 0 Å². The quantitative estimate of drug-likeness (QED) is 0.790. The normalized spacial score (nSPS) is 12.8. The van der Waals surface area contributed by atoms with Crippen molar-refractivity contribution in [2.75, 3.05) is 7.11 Å². The molecule has 2 heterocycles. The molecular formula is C11H14N2O3S. The molecule has 0 unspecified atom stereocenters. The average molecular weight is 254 g/mol. The summed E-state index contributed by atoms with van der Waals surface area (Å²) in [4.78, 5) is 4.25. The second-order valence-electron chi connectivity index (χ2n) is 3.51. The van der Waals surface area contributed by atoms with Gasteiger partial charge in [-0.3, -0.25) is 0 Å². The van der Waals surface area contributed by atoms with Crippen molar-refractivity contribution in [1.29, 1.82) is 0 Å². The highest BCUT2D eigenvalue weighted by atomic mass is 32.2. The van der Waals surface area contributed by atoms with E-state index in [4.69, 9.17) is 13.7 Å². The Hall–Kier alpha value is -1.27. The van der Waals surface area contributed by atoms with E-state index in [1.807, 2.05) is 19.1 Å². The second kappa shape index (κ2) is 5.88. The van der Waals surface area contributed by atoms with Gasteiger partial charge < -0.3 is 13.7 Å². The Balaban J connectivity index is 1.88. The molecule has 0 saturated heterocycles. The van der Waals surface area contributed by atoms with Crippen LogP contribution >= 0.6 is 11.8 Å². The van der Waals surface area contributed by atoms with Crippen LogP contribution in [0.1, 0.15) is 29.6 Å². The maximum Gasteiger partial charge on any atom is 0.239 e. The van der Waals surface area contributed by atoms with Crippen molar-refractivity contribution in [1.82, 2.24) is 10.1 Å². The van der Waals surface area contributed by atoms with Crippen molar-refractivity contribution in [2.24, 2.45) is 0 Å². The molecule has 0 fully saturated rings. The SMILES string of the molecule is COCc1noc([C@@H](C)SCc2ccco2)n1. The van der Waals surface area contributed by atoms with Crippen LogP contribution < -0.4 is 0 Å². The molecule has 2 aromatic rings. The maximum absolute atomic E-state index is 5.26. The topological polar surface area (TPSA) is 61.3 Å². The van der Waals surface area contributed by atoms with Crippen molar-refractivity contribution in [3.8, 4) is 0 Å². The van der Waals surface area contributed by atoms with Crippen LogP contribution in [0, 0.1) is 0 Å². The molecule has 0 N–H and O–H groups in total. The van der Waals surface area contributed by atoms with Crippen molar-refractivity contribution in [2.45, 2.75) is 24.5 Å². The van der Waals surface area contributed by atoms with Crippen molar-refractivity contribution < 1.29 is 13.7 Å². The molecule has 0 aliphatic rings. The molecule has 0 radical (unpaired) electrons. The summed E-state index contributed by atoms with van der Waals surface area (Å²) in [5.74, 6) is 2.93. The number of nitrogens with zero attached hydrogens (tertiary/aromatic N) is 2. The lowest BCUT2D eigenvalue weighted by Crippen LogP contribution is -1.92. The van der Waals surface area contributed by atoms with Gasteiger partial charge in [0.2, 0.25) is 5.89 Å². The van der Waals surface area contributed by atoms with Crippen LogP contribution in [0.15, 0.2) is 27.3 Å². The van der Waals surface area contributed by atoms with Crippen molar-refractivity contribution in [3.05, 3.63) is 35.9 Å². The third-order valence-electron chi connectivity index (χ3n) is 2.16. The van der Waals surface area contributed by atoms with E-state index in [2.05, 4.69) is 10.1 Å². The van der Waals surface area contributed by atoms with Gasteiger partial charge in [0.05, 0.1) is 17.3 Å². The van der Waals surface area contributed by atoms with Crippen LogP contribution in [0.3, 0.4) is 0 Å². The Morgan fingerprint density at radius 3 is 3.12 bits per heavy atom. The molecule has 2 rings (SSSR count). The van der Waals surface area contributed by atoms with Crippen molar-refractivity contribution in [3.63, 3.8) is 0 Å². The number of aromatic nitrogens is 2. The molecule has 0 aliphatic heterocycles. The molecule has 92 valence electrons. The van der Waals surface area contributed by atoms with Gasteiger partial charge in [-0.25, -0.2) is 0 Å². The standard InChI is InChI=1S/C11H14N2O3S/c1-8(17-7-9-4-3-5-15-9)11-12-10(6-14-2)13-16-11/h3-5,8H,6-7H2,1-2H3/t8-/m1/s1. The van der Waals surface area contributed by atoms with Gasteiger partial charge in [0.25, 0.3) is 0 Å². The number of hydrogen-bond donors (Lipinski definition) is 0. The number of furan rings is 1. The third-order valence-corrected chi connectivity index (χ3v) is 3.31. The fourth-order valence-corrected chi connectivity index (χ4v) is 2.11. The molecule has 1 atom stereocenters. The van der Waals surface area contributed by atoms with E-state index < -0.39 is 0 Å². The summed E-state index contributed by atoms with van der Waals surface area (Å²) >= 11 is 1.69. The first kappa shape index (κ1) is 12.2. The fraction of sp³-hybridized carbons (Fsp3) is 0.455. The van der Waals surface area contributed by atoms with Gasteiger partial charge in [-0.15, -0.1) is 11.8 Å². The molecule has 0 bridgehead atoms. The summed E-state index contributed by atoms with van der Waals surface area (Å²) < 4.78 is 15.3. The molecule has 2 aromatic heterocycles. The monoisotopic (exact) mass is 254 g/mol. The van der Waals surface area contributed by atoms with E-state index in [0.29, 0.717) is 18.3 Å². The van der Waals surface area contributed by atoms with Gasteiger partial charge in [-0.2, -0.15) is 4.98 Å². The van der Waals surface area contributed by atoms with Gasteiger partial charge in [-0.05, 0) is 19.1 Å². The summed E-state index contributed by atoms with van der Waals surface area (Å²) in [6.45, 7) is 2.40. The lowest BCUT2D eigenvalue weighted by Gasteiger charge is -2.03. The summed E-state index contributed by atoms with van der Waals surface area (Å²) in [6, 6.07) is 3.83. The summed E-state index contributed by atoms with van der Waals surface area (Å²) in [7, 11) is 1.60. The highest BCUT2D eigenvalue weighted by Crippen LogP contribution is 2.29. The zero-order valence-electron chi connectivity index (χ0n) is 9.75. The highest BCUT2D eigenvalue weighted by Gasteiger charge is 2.15. The minimum absolute atomic E-state index is 0.137. The Kier molecular flexibility index (Phi) is 4.22. The maximum atomic E-state index is 5.26. The summed E-state index contributed by atoms with van der Waals surface area (Å²) in [5, 5.41) is 3.96. The molecule has 0 saturated carbocycles. The van der Waals surface area contributed by atoms with E-state index in [-0.39, 0.29) is 5.25 Å². The van der Waals surface area contributed by atoms with Crippen LogP contribution in [0.25, 0.3) is 0 Å². The first-order valence-corrected chi connectivity index (χ1v) is 6.30. The van der Waals surface area contributed by atoms with Crippen LogP contribution in [-0.2, 0) is 17.1 Å². The summed E-state index contributed by atoms with van der Waals surface area (Å²) in [5.41, 5.74) is 0. The fourth-order valence-electron chi connectivity index (χ4n) is 1.29. The Bertz CT molecular complexity index is 441. The lowest BCUT2D eigenvalue weighted by molar-refractivity contribution is 0.174. The molecule has 0 aromatic carbocycles. The van der Waals surface area contributed by atoms with Crippen LogP contribution in [-0.4, -0.2) is 17.3 Å². The highest BCUT2D eigenvalue weighted by molar-refractivity contribution is 7.98. The van der Waals surface area contributed by atoms with E-state index in [1.165, 1.54) is 0 Å². The van der Waals surface area contributed by atoms with E-state index in [9.17, 15) is 0 Å². The largest absolute Gasteiger partial charge is 0.468 e. The van der Waals surface area contributed by atoms with Gasteiger partial charge in [0.1, 0.15) is 12.4 Å². The molecule has 5 nitrogen and oxygen atoms in total.